The molecule has 0 saturated heterocycles. The van der Waals surface area contributed by atoms with Crippen LogP contribution in [-0.2, 0) is 6.54 Å². The molecule has 0 atom stereocenters. The molecule has 0 fully saturated rings. The maximum Gasteiger partial charge on any atom is 0.130 e. The van der Waals surface area contributed by atoms with Gasteiger partial charge in [-0.05, 0) is 47.1 Å². The van der Waals surface area contributed by atoms with E-state index >= 15 is 0 Å². The summed E-state index contributed by atoms with van der Waals surface area (Å²) in [6.45, 7) is 2.63. The number of methoxy groups -OCH3 is 2. The van der Waals surface area contributed by atoms with E-state index in [1.807, 2.05) is 31.2 Å². The Balaban J connectivity index is 2.17. The molecule has 0 saturated carbocycles. The number of nitrogens with one attached hydrogen (secondary N) is 1. The molecule has 0 bridgehead atoms. The lowest BCUT2D eigenvalue weighted by Crippen LogP contribution is -2.04. The Morgan fingerprint density at radius 3 is 2.55 bits per heavy atom. The van der Waals surface area contributed by atoms with E-state index in [0.29, 0.717) is 6.54 Å². The normalized spacial score (nSPS) is 10.2. The number of rotatable bonds is 5. The predicted molar refractivity (Wildman–Crippen MR) is 83.5 cm³/mol. The van der Waals surface area contributed by atoms with Crippen molar-refractivity contribution in [3.8, 4) is 11.5 Å². The lowest BCUT2D eigenvalue weighted by Gasteiger charge is -2.15. The Bertz CT molecular complexity index is 585. The van der Waals surface area contributed by atoms with Gasteiger partial charge in [-0.15, -0.1) is 0 Å². The number of aromatic nitrogens is 1. The molecule has 1 aromatic heterocycles. The monoisotopic (exact) mass is 336 g/mol. The Morgan fingerprint density at radius 2 is 1.95 bits per heavy atom. The van der Waals surface area contributed by atoms with Crippen LogP contribution in [0.3, 0.4) is 0 Å². The summed E-state index contributed by atoms with van der Waals surface area (Å²) in [5.74, 6) is 2.49. The second-order valence-electron chi connectivity index (χ2n) is 4.30. The summed E-state index contributed by atoms with van der Waals surface area (Å²) in [7, 11) is 3.33. The van der Waals surface area contributed by atoms with Crippen molar-refractivity contribution in [2.45, 2.75) is 13.5 Å². The van der Waals surface area contributed by atoms with Crippen LogP contribution in [-0.4, -0.2) is 19.2 Å². The molecule has 2 aromatic rings. The van der Waals surface area contributed by atoms with Crippen molar-refractivity contribution < 1.29 is 9.47 Å². The number of halogens is 1. The standard InChI is InChI=1S/C15H17BrN2O2/c1-10-13(19-2)6-4-11(15(10)20-3)8-17-14-7-5-12(16)9-18-14/h4-7,9H,8H2,1-3H3,(H,17,18). The minimum absolute atomic E-state index is 0.642. The summed E-state index contributed by atoms with van der Waals surface area (Å²) >= 11 is 3.37. The quantitative estimate of drug-likeness (QED) is 0.902. The SMILES string of the molecule is COc1ccc(CNc2ccc(Br)cn2)c(OC)c1C. The fourth-order valence-electron chi connectivity index (χ4n) is 2.04. The average molecular weight is 337 g/mol. The van der Waals surface area contributed by atoms with Crippen molar-refractivity contribution in [2.24, 2.45) is 0 Å². The van der Waals surface area contributed by atoms with Crippen LogP contribution in [0.5, 0.6) is 11.5 Å². The van der Waals surface area contributed by atoms with E-state index in [0.717, 1.165) is 32.9 Å². The van der Waals surface area contributed by atoms with Crippen LogP contribution in [0, 0.1) is 6.92 Å². The molecule has 0 unspecified atom stereocenters. The molecule has 0 spiro atoms. The highest BCUT2D eigenvalue weighted by Gasteiger charge is 2.11. The molecule has 0 amide bonds. The molecule has 5 heteroatoms. The van der Waals surface area contributed by atoms with Gasteiger partial charge in [-0.3, -0.25) is 0 Å². The van der Waals surface area contributed by atoms with Gasteiger partial charge in [0.2, 0.25) is 0 Å². The number of nitrogens with zero attached hydrogens (tertiary/aromatic N) is 1. The maximum absolute atomic E-state index is 5.48. The van der Waals surface area contributed by atoms with Gasteiger partial charge in [0.1, 0.15) is 17.3 Å². The highest BCUT2D eigenvalue weighted by Crippen LogP contribution is 2.31. The largest absolute Gasteiger partial charge is 0.496 e. The first-order valence-corrected chi connectivity index (χ1v) is 7.01. The van der Waals surface area contributed by atoms with Gasteiger partial charge in [0.15, 0.2) is 0 Å². The van der Waals surface area contributed by atoms with E-state index in [9.17, 15) is 0 Å². The summed E-state index contributed by atoms with van der Waals surface area (Å²) in [4.78, 5) is 4.28. The van der Waals surface area contributed by atoms with Gasteiger partial charge in [-0.25, -0.2) is 4.98 Å². The van der Waals surface area contributed by atoms with E-state index in [1.54, 1.807) is 20.4 Å². The minimum Gasteiger partial charge on any atom is -0.496 e. The topological polar surface area (TPSA) is 43.4 Å². The molecule has 4 nitrogen and oxygen atoms in total. The molecular weight excluding hydrogens is 320 g/mol. The Kier molecular flexibility index (Phi) is 4.84. The molecule has 0 aliphatic rings. The number of pyridine rings is 1. The van der Waals surface area contributed by atoms with Crippen LogP contribution in [0.2, 0.25) is 0 Å². The van der Waals surface area contributed by atoms with Crippen LogP contribution < -0.4 is 14.8 Å². The maximum atomic E-state index is 5.48. The summed E-state index contributed by atoms with van der Waals surface area (Å²) < 4.78 is 11.7. The molecule has 20 heavy (non-hydrogen) atoms. The molecule has 0 aliphatic carbocycles. The van der Waals surface area contributed by atoms with Crippen LogP contribution >= 0.6 is 15.9 Å². The minimum atomic E-state index is 0.642. The Hall–Kier alpha value is -1.75. The number of anilines is 1. The van der Waals surface area contributed by atoms with Crippen LogP contribution in [0.15, 0.2) is 34.9 Å². The average Bonchev–Trinajstić information content (AvgIpc) is 2.47. The zero-order valence-corrected chi connectivity index (χ0v) is 13.3. The van der Waals surface area contributed by atoms with Gasteiger partial charge >= 0.3 is 0 Å². The van der Waals surface area contributed by atoms with E-state index in [4.69, 9.17) is 9.47 Å². The molecule has 1 N–H and O–H groups in total. The van der Waals surface area contributed by atoms with E-state index in [2.05, 4.69) is 26.2 Å². The van der Waals surface area contributed by atoms with Crippen molar-refractivity contribution in [2.75, 3.05) is 19.5 Å². The molecule has 0 radical (unpaired) electrons. The van der Waals surface area contributed by atoms with Crippen molar-refractivity contribution in [3.05, 3.63) is 46.1 Å². The first kappa shape index (κ1) is 14.7. The first-order chi connectivity index (χ1) is 9.65. The number of benzene rings is 1. The lowest BCUT2D eigenvalue weighted by molar-refractivity contribution is 0.386. The highest BCUT2D eigenvalue weighted by molar-refractivity contribution is 9.10. The second-order valence-corrected chi connectivity index (χ2v) is 5.22. The molecule has 1 aromatic carbocycles. The third-order valence-electron chi connectivity index (χ3n) is 3.05. The third-order valence-corrected chi connectivity index (χ3v) is 3.52. The summed E-state index contributed by atoms with van der Waals surface area (Å²) in [6.07, 6.45) is 1.76. The molecule has 106 valence electrons. The van der Waals surface area contributed by atoms with Crippen LogP contribution in [0.4, 0.5) is 5.82 Å². The van der Waals surface area contributed by atoms with E-state index in [-0.39, 0.29) is 0 Å². The van der Waals surface area contributed by atoms with Crippen LogP contribution in [0.1, 0.15) is 11.1 Å². The highest BCUT2D eigenvalue weighted by atomic mass is 79.9. The zero-order valence-electron chi connectivity index (χ0n) is 11.7. The second kappa shape index (κ2) is 6.61. The predicted octanol–water partition coefficient (Wildman–Crippen LogP) is 3.78. The van der Waals surface area contributed by atoms with Gasteiger partial charge in [0.25, 0.3) is 0 Å². The van der Waals surface area contributed by atoms with Crippen molar-refractivity contribution in [1.29, 1.82) is 0 Å². The zero-order chi connectivity index (χ0) is 14.5. The van der Waals surface area contributed by atoms with Crippen molar-refractivity contribution in [1.82, 2.24) is 4.98 Å². The van der Waals surface area contributed by atoms with Gasteiger partial charge in [-0.1, -0.05) is 0 Å². The van der Waals surface area contributed by atoms with Crippen LogP contribution in [0.25, 0.3) is 0 Å². The van der Waals surface area contributed by atoms with Gasteiger partial charge in [0.05, 0.1) is 14.2 Å². The van der Waals surface area contributed by atoms with Gasteiger partial charge in [-0.2, -0.15) is 0 Å². The summed E-state index contributed by atoms with van der Waals surface area (Å²) in [5, 5.41) is 3.27. The van der Waals surface area contributed by atoms with Gasteiger partial charge in [0, 0.05) is 28.3 Å². The lowest BCUT2D eigenvalue weighted by atomic mass is 10.1. The summed E-state index contributed by atoms with van der Waals surface area (Å²) in [6, 6.07) is 7.82. The third kappa shape index (κ3) is 3.22. The number of hydrogen-bond donors (Lipinski definition) is 1. The Morgan fingerprint density at radius 1 is 1.15 bits per heavy atom. The molecular formula is C15H17BrN2O2. The first-order valence-electron chi connectivity index (χ1n) is 6.21. The van der Waals surface area contributed by atoms with E-state index in [1.165, 1.54) is 0 Å². The fourth-order valence-corrected chi connectivity index (χ4v) is 2.27. The molecule has 2 rings (SSSR count). The number of ether oxygens (including phenoxy) is 2. The smallest absolute Gasteiger partial charge is 0.130 e. The summed E-state index contributed by atoms with van der Waals surface area (Å²) in [5.41, 5.74) is 2.06. The Labute approximate surface area is 127 Å². The number of hydrogen-bond acceptors (Lipinski definition) is 4. The van der Waals surface area contributed by atoms with E-state index < -0.39 is 0 Å². The fraction of sp³-hybridized carbons (Fsp3) is 0.267. The molecule has 0 aliphatic heterocycles. The van der Waals surface area contributed by atoms with Gasteiger partial charge < -0.3 is 14.8 Å². The van der Waals surface area contributed by atoms with Crippen molar-refractivity contribution in [3.63, 3.8) is 0 Å². The molecule has 1 heterocycles. The van der Waals surface area contributed by atoms with Crippen molar-refractivity contribution >= 4 is 21.7 Å².